The number of anilines is 2. The van der Waals surface area contributed by atoms with Crippen molar-refractivity contribution in [2.45, 2.75) is 5.88 Å². The van der Waals surface area contributed by atoms with E-state index >= 15 is 0 Å². The first-order valence-electron chi connectivity index (χ1n) is 6.62. The Bertz CT molecular complexity index is 771. The van der Waals surface area contributed by atoms with Crippen LogP contribution in [0.15, 0.2) is 54.7 Å². The molecule has 0 N–H and O–H groups in total. The lowest BCUT2D eigenvalue weighted by Crippen LogP contribution is -2.12. The van der Waals surface area contributed by atoms with E-state index in [1.807, 2.05) is 36.2 Å². The van der Waals surface area contributed by atoms with Crippen molar-refractivity contribution in [1.82, 2.24) is 4.98 Å². The average Bonchev–Trinajstić information content (AvgIpc) is 2.54. The Hall–Kier alpha value is -2.13. The molecular weight excluding hydrogens is 287 g/mol. The third-order valence-electron chi connectivity index (χ3n) is 3.53. The molecule has 2 nitrogen and oxygen atoms in total. The molecule has 0 radical (unpaired) electrons. The number of hydrogen-bond donors (Lipinski definition) is 0. The number of aromatic nitrogens is 1. The van der Waals surface area contributed by atoms with Gasteiger partial charge in [-0.1, -0.05) is 24.3 Å². The van der Waals surface area contributed by atoms with Crippen molar-refractivity contribution in [2.75, 3.05) is 11.9 Å². The molecule has 1 heterocycles. The molecule has 0 saturated heterocycles. The van der Waals surface area contributed by atoms with Crippen LogP contribution in [0, 0.1) is 5.82 Å². The normalized spacial score (nSPS) is 10.8. The zero-order valence-electron chi connectivity index (χ0n) is 11.6. The highest BCUT2D eigenvalue weighted by Gasteiger charge is 2.12. The third-order valence-corrected chi connectivity index (χ3v) is 3.82. The lowest BCUT2D eigenvalue weighted by molar-refractivity contribution is 0.628. The largest absolute Gasteiger partial charge is 0.329 e. The topological polar surface area (TPSA) is 16.1 Å². The minimum Gasteiger partial charge on any atom is -0.329 e. The first-order valence-corrected chi connectivity index (χ1v) is 7.16. The Morgan fingerprint density at radius 1 is 1.05 bits per heavy atom. The molecule has 0 aliphatic carbocycles. The van der Waals surface area contributed by atoms with Crippen LogP contribution in [0.3, 0.4) is 0 Å². The van der Waals surface area contributed by atoms with Gasteiger partial charge in [-0.05, 0) is 35.2 Å². The van der Waals surface area contributed by atoms with Gasteiger partial charge in [0.15, 0.2) is 0 Å². The first-order chi connectivity index (χ1) is 10.2. The van der Waals surface area contributed by atoms with Crippen LogP contribution in [-0.4, -0.2) is 12.0 Å². The van der Waals surface area contributed by atoms with Gasteiger partial charge < -0.3 is 4.90 Å². The van der Waals surface area contributed by atoms with E-state index in [9.17, 15) is 4.39 Å². The third kappa shape index (κ3) is 2.57. The highest BCUT2D eigenvalue weighted by molar-refractivity contribution is 6.18. The van der Waals surface area contributed by atoms with Crippen molar-refractivity contribution in [1.29, 1.82) is 0 Å². The molecule has 3 rings (SSSR count). The predicted molar refractivity (Wildman–Crippen MR) is 85.8 cm³/mol. The van der Waals surface area contributed by atoms with Gasteiger partial charge in [-0.15, -0.1) is 11.6 Å². The van der Waals surface area contributed by atoms with Crippen molar-refractivity contribution in [2.24, 2.45) is 0 Å². The van der Waals surface area contributed by atoms with Gasteiger partial charge in [0.25, 0.3) is 0 Å². The number of hydrogen-bond acceptors (Lipinski definition) is 2. The number of pyridine rings is 1. The van der Waals surface area contributed by atoms with Crippen LogP contribution in [0.4, 0.5) is 15.9 Å². The van der Waals surface area contributed by atoms with Crippen molar-refractivity contribution >= 4 is 33.9 Å². The molecule has 0 unspecified atom stereocenters. The summed E-state index contributed by atoms with van der Waals surface area (Å²) in [5, 5.41) is 2.12. The Morgan fingerprint density at radius 3 is 2.38 bits per heavy atom. The minimum absolute atomic E-state index is 0.248. The van der Waals surface area contributed by atoms with Crippen LogP contribution in [0.5, 0.6) is 0 Å². The lowest BCUT2D eigenvalue weighted by atomic mass is 10.1. The summed E-state index contributed by atoms with van der Waals surface area (Å²) in [7, 11) is 1.92. The fourth-order valence-electron chi connectivity index (χ4n) is 2.40. The quantitative estimate of drug-likeness (QED) is 0.641. The maximum Gasteiger partial charge on any atom is 0.140 e. The van der Waals surface area contributed by atoms with Gasteiger partial charge in [0.2, 0.25) is 0 Å². The Labute approximate surface area is 127 Å². The van der Waals surface area contributed by atoms with Crippen LogP contribution in [0.25, 0.3) is 10.8 Å². The molecule has 106 valence electrons. The van der Waals surface area contributed by atoms with Gasteiger partial charge in [0.1, 0.15) is 11.6 Å². The molecule has 0 aliphatic heterocycles. The maximum atomic E-state index is 13.1. The predicted octanol–water partition coefficient (Wildman–Crippen LogP) is 4.88. The van der Waals surface area contributed by atoms with E-state index in [1.165, 1.54) is 12.1 Å². The van der Waals surface area contributed by atoms with Gasteiger partial charge in [-0.2, -0.15) is 0 Å². The lowest BCUT2D eigenvalue weighted by Gasteiger charge is -2.21. The van der Waals surface area contributed by atoms with Gasteiger partial charge in [-0.25, -0.2) is 9.37 Å². The number of alkyl halides is 1. The van der Waals surface area contributed by atoms with E-state index in [0.717, 1.165) is 27.8 Å². The molecule has 0 saturated carbocycles. The Morgan fingerprint density at radius 2 is 1.71 bits per heavy atom. The monoisotopic (exact) mass is 300 g/mol. The summed E-state index contributed by atoms with van der Waals surface area (Å²) in [5.41, 5.74) is 1.89. The second kappa shape index (κ2) is 5.70. The summed E-state index contributed by atoms with van der Waals surface area (Å²) in [6.45, 7) is 0. The van der Waals surface area contributed by atoms with Crippen LogP contribution in [-0.2, 0) is 5.88 Å². The molecular formula is C17H14ClFN2. The number of halogens is 2. The SMILES string of the molecule is CN(c1ccc(F)cc1)c1ncc(CCl)c2ccccc12. The van der Waals surface area contributed by atoms with Crippen molar-refractivity contribution < 1.29 is 4.39 Å². The number of benzene rings is 2. The van der Waals surface area contributed by atoms with Crippen LogP contribution in [0.1, 0.15) is 5.56 Å². The molecule has 0 aliphatic rings. The molecule has 21 heavy (non-hydrogen) atoms. The minimum atomic E-state index is -0.248. The van der Waals surface area contributed by atoms with Crippen LogP contribution < -0.4 is 4.90 Å². The number of nitrogens with zero attached hydrogens (tertiary/aromatic N) is 2. The first kappa shape index (κ1) is 13.8. The highest BCUT2D eigenvalue weighted by atomic mass is 35.5. The molecule has 0 fully saturated rings. The molecule has 2 aromatic carbocycles. The van der Waals surface area contributed by atoms with Crippen molar-refractivity contribution in [3.63, 3.8) is 0 Å². The van der Waals surface area contributed by atoms with E-state index in [4.69, 9.17) is 11.6 Å². The molecule has 4 heteroatoms. The summed E-state index contributed by atoms with van der Waals surface area (Å²) in [6, 6.07) is 14.4. The second-order valence-electron chi connectivity index (χ2n) is 4.82. The number of rotatable bonds is 3. The van der Waals surface area contributed by atoms with E-state index in [-0.39, 0.29) is 5.82 Å². The zero-order valence-corrected chi connectivity index (χ0v) is 12.3. The fraction of sp³-hybridized carbons (Fsp3) is 0.118. The summed E-state index contributed by atoms with van der Waals surface area (Å²) in [4.78, 5) is 6.47. The van der Waals surface area contributed by atoms with E-state index in [2.05, 4.69) is 4.98 Å². The van der Waals surface area contributed by atoms with Crippen molar-refractivity contribution in [3.8, 4) is 0 Å². The van der Waals surface area contributed by atoms with Gasteiger partial charge >= 0.3 is 0 Å². The Balaban J connectivity index is 2.14. The van der Waals surface area contributed by atoms with Crippen LogP contribution >= 0.6 is 11.6 Å². The molecule has 0 atom stereocenters. The summed E-state index contributed by atoms with van der Waals surface area (Å²) >= 11 is 5.98. The van der Waals surface area contributed by atoms with Gasteiger partial charge in [-0.3, -0.25) is 0 Å². The maximum absolute atomic E-state index is 13.1. The highest BCUT2D eigenvalue weighted by Crippen LogP contribution is 2.31. The molecule has 0 amide bonds. The zero-order chi connectivity index (χ0) is 14.8. The van der Waals surface area contributed by atoms with E-state index in [1.54, 1.807) is 18.3 Å². The smallest absolute Gasteiger partial charge is 0.140 e. The summed E-state index contributed by atoms with van der Waals surface area (Å²) in [5.74, 6) is 1.00. The second-order valence-corrected chi connectivity index (χ2v) is 5.09. The van der Waals surface area contributed by atoms with Crippen LogP contribution in [0.2, 0.25) is 0 Å². The van der Waals surface area contributed by atoms with E-state index < -0.39 is 0 Å². The standard InChI is InChI=1S/C17H14ClFN2/c1-21(14-8-6-13(19)7-9-14)17-16-5-3-2-4-15(16)12(10-18)11-20-17/h2-9,11H,10H2,1H3. The molecule has 0 bridgehead atoms. The molecule has 0 spiro atoms. The average molecular weight is 301 g/mol. The Kier molecular flexibility index (Phi) is 3.76. The van der Waals surface area contributed by atoms with Crippen molar-refractivity contribution in [3.05, 3.63) is 66.1 Å². The number of fused-ring (bicyclic) bond motifs is 1. The fourth-order valence-corrected chi connectivity index (χ4v) is 2.61. The van der Waals surface area contributed by atoms with Gasteiger partial charge in [0.05, 0.1) is 0 Å². The van der Waals surface area contributed by atoms with E-state index in [0.29, 0.717) is 5.88 Å². The summed E-state index contributed by atoms with van der Waals surface area (Å²) < 4.78 is 13.1. The molecule has 3 aromatic rings. The van der Waals surface area contributed by atoms with Gasteiger partial charge in [0, 0.05) is 30.2 Å². The summed E-state index contributed by atoms with van der Waals surface area (Å²) in [6.07, 6.45) is 1.80. The molecule has 1 aromatic heterocycles.